The number of carbonyl (C=O) groups is 1. The Bertz CT molecular complexity index is 921. The van der Waals surface area contributed by atoms with Gasteiger partial charge in [-0.2, -0.15) is 0 Å². The van der Waals surface area contributed by atoms with Crippen molar-refractivity contribution in [2.45, 2.75) is 77.7 Å². The third kappa shape index (κ3) is 3.83. The normalized spacial score (nSPS) is 18.0. The third-order valence-electron chi connectivity index (χ3n) is 5.78. The van der Waals surface area contributed by atoms with E-state index in [0.717, 1.165) is 19.3 Å². The topological polar surface area (TPSA) is 84.2 Å². The van der Waals surface area contributed by atoms with Crippen molar-refractivity contribution in [3.05, 3.63) is 40.4 Å². The largest absolute Gasteiger partial charge is 0.389 e. The van der Waals surface area contributed by atoms with Crippen LogP contribution >= 0.6 is 0 Å². The van der Waals surface area contributed by atoms with Crippen molar-refractivity contribution in [2.75, 3.05) is 5.43 Å². The first kappa shape index (κ1) is 20.5. The van der Waals surface area contributed by atoms with E-state index in [1.54, 1.807) is 39.0 Å². The molecule has 2 N–H and O–H groups in total. The van der Waals surface area contributed by atoms with Crippen LogP contribution in [0.1, 0.15) is 78.0 Å². The summed E-state index contributed by atoms with van der Waals surface area (Å²) in [6.45, 7) is 7.39. The number of aliphatic hydroxyl groups is 1. The molecule has 6 heteroatoms. The van der Waals surface area contributed by atoms with Gasteiger partial charge in [-0.1, -0.05) is 59.1 Å². The fourth-order valence-corrected chi connectivity index (χ4v) is 4.08. The smallest absolute Gasteiger partial charge is 0.280 e. The first-order valence-corrected chi connectivity index (χ1v) is 10.2. The van der Waals surface area contributed by atoms with Gasteiger partial charge in [-0.15, -0.1) is 0 Å². The molecule has 0 bridgehead atoms. The minimum Gasteiger partial charge on any atom is -0.389 e. The zero-order valence-electron chi connectivity index (χ0n) is 17.3. The van der Waals surface area contributed by atoms with Crippen molar-refractivity contribution in [1.82, 2.24) is 9.66 Å². The molecule has 2 aromatic rings. The Balaban J connectivity index is 2.20. The summed E-state index contributed by atoms with van der Waals surface area (Å²) in [5.74, 6) is -0.156. The molecule has 0 aliphatic heterocycles. The minimum absolute atomic E-state index is 0.265. The average Bonchev–Trinajstić information content (AvgIpc) is 2.64. The number of nitrogens with one attached hydrogen (secondary N) is 1. The van der Waals surface area contributed by atoms with E-state index in [-0.39, 0.29) is 17.4 Å². The van der Waals surface area contributed by atoms with E-state index in [1.807, 2.05) is 13.0 Å². The van der Waals surface area contributed by atoms with Gasteiger partial charge < -0.3 is 5.11 Å². The number of hydrogen-bond acceptors (Lipinski definition) is 4. The molecule has 1 amide bonds. The lowest BCUT2D eigenvalue weighted by Gasteiger charge is -2.39. The van der Waals surface area contributed by atoms with Crippen LogP contribution < -0.4 is 11.0 Å². The second-order valence-electron chi connectivity index (χ2n) is 8.94. The lowest BCUT2D eigenvalue weighted by molar-refractivity contribution is -0.124. The molecular weight excluding hydrogens is 354 g/mol. The predicted octanol–water partition coefficient (Wildman–Crippen LogP) is 3.70. The van der Waals surface area contributed by atoms with Gasteiger partial charge in [0.05, 0.1) is 16.5 Å². The standard InChI is InChI=1S/C22H31N3O3/c1-5-16(22(28)13-9-6-10-14-22)18-23-17-12-8-7-11-15(17)19(26)25(18)24-20(27)21(2,3)4/h7-8,11-12,16,28H,5-6,9-10,13-14H2,1-4H3,(H,24,27). The van der Waals surface area contributed by atoms with Crippen LogP contribution in [0.15, 0.2) is 29.1 Å². The average molecular weight is 386 g/mol. The quantitative estimate of drug-likeness (QED) is 0.840. The summed E-state index contributed by atoms with van der Waals surface area (Å²) in [6.07, 6.45) is 5.02. The Kier molecular flexibility index (Phi) is 5.62. The van der Waals surface area contributed by atoms with E-state index in [1.165, 1.54) is 4.68 Å². The lowest BCUT2D eigenvalue weighted by Crippen LogP contribution is -2.46. The molecule has 152 valence electrons. The summed E-state index contributed by atoms with van der Waals surface area (Å²) >= 11 is 0. The highest BCUT2D eigenvalue weighted by molar-refractivity contribution is 5.89. The van der Waals surface area contributed by atoms with Gasteiger partial charge in [-0.25, -0.2) is 9.66 Å². The number of para-hydroxylation sites is 1. The number of carbonyl (C=O) groups excluding carboxylic acids is 1. The molecule has 1 atom stereocenters. The van der Waals surface area contributed by atoms with Gasteiger partial charge >= 0.3 is 0 Å². The highest BCUT2D eigenvalue weighted by Crippen LogP contribution is 2.41. The van der Waals surface area contributed by atoms with E-state index in [4.69, 9.17) is 4.98 Å². The zero-order valence-corrected chi connectivity index (χ0v) is 17.3. The Morgan fingerprint density at radius 3 is 2.50 bits per heavy atom. The van der Waals surface area contributed by atoms with E-state index in [9.17, 15) is 14.7 Å². The van der Waals surface area contributed by atoms with Crippen molar-refractivity contribution >= 4 is 16.8 Å². The second-order valence-corrected chi connectivity index (χ2v) is 8.94. The minimum atomic E-state index is -0.914. The van der Waals surface area contributed by atoms with Gasteiger partial charge in [0.2, 0.25) is 5.91 Å². The van der Waals surface area contributed by atoms with Crippen LogP contribution in [0, 0.1) is 5.41 Å². The maximum atomic E-state index is 13.2. The fraction of sp³-hybridized carbons (Fsp3) is 0.591. The molecular formula is C22H31N3O3. The summed E-state index contributed by atoms with van der Waals surface area (Å²) in [7, 11) is 0. The number of amides is 1. The van der Waals surface area contributed by atoms with Crippen molar-refractivity contribution in [1.29, 1.82) is 0 Å². The summed E-state index contributed by atoms with van der Waals surface area (Å²) in [5, 5.41) is 11.8. The van der Waals surface area contributed by atoms with Crippen LogP contribution in [-0.2, 0) is 4.79 Å². The number of hydrogen-bond donors (Lipinski definition) is 2. The Morgan fingerprint density at radius 2 is 1.89 bits per heavy atom. The highest BCUT2D eigenvalue weighted by atomic mass is 16.3. The van der Waals surface area contributed by atoms with Crippen LogP contribution in [-0.4, -0.2) is 26.3 Å². The Hall–Kier alpha value is -2.21. The first-order valence-electron chi connectivity index (χ1n) is 10.2. The van der Waals surface area contributed by atoms with Gasteiger partial charge in [0.15, 0.2) is 0 Å². The molecule has 0 radical (unpaired) electrons. The zero-order chi connectivity index (χ0) is 20.5. The Labute approximate surface area is 166 Å². The number of rotatable bonds is 4. The van der Waals surface area contributed by atoms with Gasteiger partial charge in [-0.3, -0.25) is 15.0 Å². The summed E-state index contributed by atoms with van der Waals surface area (Å²) < 4.78 is 1.27. The monoisotopic (exact) mass is 385 g/mol. The molecule has 0 spiro atoms. The van der Waals surface area contributed by atoms with Gasteiger partial charge in [-0.05, 0) is 31.4 Å². The predicted molar refractivity (Wildman–Crippen MR) is 111 cm³/mol. The third-order valence-corrected chi connectivity index (χ3v) is 5.78. The maximum absolute atomic E-state index is 13.2. The van der Waals surface area contributed by atoms with Crippen molar-refractivity contribution in [3.8, 4) is 0 Å². The molecule has 1 aromatic heterocycles. The van der Waals surface area contributed by atoms with E-state index < -0.39 is 11.0 Å². The number of fused-ring (bicyclic) bond motifs is 1. The van der Waals surface area contributed by atoms with Crippen LogP contribution in [0.2, 0.25) is 0 Å². The highest BCUT2D eigenvalue weighted by Gasteiger charge is 2.40. The van der Waals surface area contributed by atoms with Gasteiger partial charge in [0.1, 0.15) is 5.82 Å². The molecule has 1 heterocycles. The van der Waals surface area contributed by atoms with Crippen molar-refractivity contribution in [2.24, 2.45) is 5.41 Å². The fourth-order valence-electron chi connectivity index (χ4n) is 4.08. The molecule has 1 aliphatic rings. The molecule has 1 saturated carbocycles. The summed E-state index contributed by atoms with van der Waals surface area (Å²) in [5.41, 5.74) is 1.47. The van der Waals surface area contributed by atoms with Crippen LogP contribution in [0.5, 0.6) is 0 Å². The van der Waals surface area contributed by atoms with Crippen LogP contribution in [0.25, 0.3) is 10.9 Å². The molecule has 3 rings (SSSR count). The Morgan fingerprint density at radius 1 is 1.25 bits per heavy atom. The van der Waals surface area contributed by atoms with E-state index in [0.29, 0.717) is 36.0 Å². The number of aromatic nitrogens is 2. The summed E-state index contributed by atoms with van der Waals surface area (Å²) in [4.78, 5) is 30.7. The molecule has 1 aliphatic carbocycles. The van der Waals surface area contributed by atoms with E-state index >= 15 is 0 Å². The molecule has 1 unspecified atom stereocenters. The molecule has 1 fully saturated rings. The van der Waals surface area contributed by atoms with Crippen molar-refractivity contribution in [3.63, 3.8) is 0 Å². The van der Waals surface area contributed by atoms with Gasteiger partial charge in [0.25, 0.3) is 5.56 Å². The number of benzene rings is 1. The second kappa shape index (κ2) is 7.66. The molecule has 1 aromatic carbocycles. The SMILES string of the molecule is CCC(c1nc2ccccc2c(=O)n1NC(=O)C(C)(C)C)C1(O)CCCCC1. The number of nitrogens with zero attached hydrogens (tertiary/aromatic N) is 2. The van der Waals surface area contributed by atoms with Crippen LogP contribution in [0.4, 0.5) is 0 Å². The first-order chi connectivity index (χ1) is 13.2. The van der Waals surface area contributed by atoms with Crippen molar-refractivity contribution < 1.29 is 9.90 Å². The molecule has 6 nitrogen and oxygen atoms in total. The maximum Gasteiger partial charge on any atom is 0.280 e. The molecule has 0 saturated heterocycles. The summed E-state index contributed by atoms with van der Waals surface area (Å²) in [6, 6.07) is 7.14. The lowest BCUT2D eigenvalue weighted by atomic mass is 9.74. The van der Waals surface area contributed by atoms with Gasteiger partial charge in [0, 0.05) is 11.3 Å². The van der Waals surface area contributed by atoms with E-state index in [2.05, 4.69) is 5.43 Å². The van der Waals surface area contributed by atoms with Crippen LogP contribution in [0.3, 0.4) is 0 Å². The molecule has 28 heavy (non-hydrogen) atoms.